The summed E-state index contributed by atoms with van der Waals surface area (Å²) in [5, 5.41) is -0.275. The van der Waals surface area contributed by atoms with Crippen LogP contribution in [0.5, 0.6) is 11.5 Å². The van der Waals surface area contributed by atoms with Gasteiger partial charge < -0.3 is 14.2 Å². The van der Waals surface area contributed by atoms with Crippen LogP contribution in [-0.4, -0.2) is 48.4 Å². The van der Waals surface area contributed by atoms with Crippen molar-refractivity contribution in [2.24, 2.45) is 0 Å². The predicted octanol–water partition coefficient (Wildman–Crippen LogP) is 5.46. The van der Waals surface area contributed by atoms with Gasteiger partial charge in [0.25, 0.3) is 11.1 Å². The van der Waals surface area contributed by atoms with Crippen molar-refractivity contribution in [3.05, 3.63) is 63.0 Å². The lowest BCUT2D eigenvalue weighted by atomic mass is 10.1. The van der Waals surface area contributed by atoms with Gasteiger partial charge in [0.15, 0.2) is 18.1 Å². The van der Waals surface area contributed by atoms with Crippen LogP contribution in [0.1, 0.15) is 31.4 Å². The predicted molar refractivity (Wildman–Crippen MR) is 135 cm³/mol. The maximum absolute atomic E-state index is 12.9. The fourth-order valence-electron chi connectivity index (χ4n) is 3.34. The third-order valence-electron chi connectivity index (χ3n) is 4.83. The quantitative estimate of drug-likeness (QED) is 0.273. The van der Waals surface area contributed by atoms with Crippen LogP contribution in [0, 0.1) is 0 Å². The molecule has 0 atom stereocenters. The van der Waals surface area contributed by atoms with Crippen molar-refractivity contribution in [2.45, 2.75) is 26.7 Å². The van der Waals surface area contributed by atoms with Crippen molar-refractivity contribution < 1.29 is 28.6 Å². The Hall–Kier alpha value is -2.78. The number of thioether (sulfide) groups is 1. The van der Waals surface area contributed by atoms with E-state index in [1.54, 1.807) is 25.1 Å². The summed E-state index contributed by atoms with van der Waals surface area (Å²) in [5.74, 6) is -0.0165. The van der Waals surface area contributed by atoms with Crippen molar-refractivity contribution in [1.29, 1.82) is 0 Å². The number of aryl methyl sites for hydroxylation is 1. The van der Waals surface area contributed by atoms with Crippen LogP contribution in [0.3, 0.4) is 0 Å². The lowest BCUT2D eigenvalue weighted by Crippen LogP contribution is -2.29. The highest BCUT2D eigenvalue weighted by molar-refractivity contribution is 9.10. The number of rotatable bonds is 11. The van der Waals surface area contributed by atoms with Gasteiger partial charge in [-0.2, -0.15) is 0 Å². The summed E-state index contributed by atoms with van der Waals surface area (Å²) in [5.41, 5.74) is 1.83. The molecule has 0 radical (unpaired) electrons. The van der Waals surface area contributed by atoms with Crippen molar-refractivity contribution in [1.82, 2.24) is 4.90 Å². The second-order valence-corrected chi connectivity index (χ2v) is 9.13. The van der Waals surface area contributed by atoms with E-state index in [0.717, 1.165) is 18.2 Å². The number of benzene rings is 2. The van der Waals surface area contributed by atoms with Gasteiger partial charge in [0.2, 0.25) is 0 Å². The molecule has 0 bridgehead atoms. The Kier molecular flexibility index (Phi) is 9.59. The van der Waals surface area contributed by atoms with E-state index < -0.39 is 5.97 Å². The lowest BCUT2D eigenvalue weighted by molar-refractivity contribution is -0.145. The number of nitrogens with zero attached hydrogens (tertiary/aromatic N) is 1. The molecule has 3 rings (SSSR count). The molecule has 2 aromatic rings. The van der Waals surface area contributed by atoms with Gasteiger partial charge in [-0.05, 0) is 83.7 Å². The largest absolute Gasteiger partial charge is 0.490 e. The maximum Gasteiger partial charge on any atom is 0.344 e. The fraction of sp³-hybridized carbons (Fsp3) is 0.320. The minimum absolute atomic E-state index is 0.256. The number of hydrogen-bond acceptors (Lipinski definition) is 7. The van der Waals surface area contributed by atoms with Crippen LogP contribution in [0.25, 0.3) is 6.08 Å². The Morgan fingerprint density at radius 2 is 1.85 bits per heavy atom. The molecule has 2 amide bonds. The number of amides is 2. The molecule has 2 aromatic carbocycles. The van der Waals surface area contributed by atoms with Crippen molar-refractivity contribution in [2.75, 3.05) is 26.4 Å². The molecule has 0 N–H and O–H groups in total. The van der Waals surface area contributed by atoms with E-state index in [9.17, 15) is 14.4 Å². The van der Waals surface area contributed by atoms with Gasteiger partial charge in [0, 0.05) is 6.54 Å². The number of esters is 1. The van der Waals surface area contributed by atoms with Crippen LogP contribution >= 0.6 is 27.7 Å². The highest BCUT2D eigenvalue weighted by atomic mass is 79.9. The highest BCUT2D eigenvalue weighted by Crippen LogP contribution is 2.39. The molecule has 1 saturated heterocycles. The molecule has 0 saturated carbocycles. The average molecular weight is 548 g/mol. The van der Waals surface area contributed by atoms with Gasteiger partial charge in [-0.15, -0.1) is 0 Å². The molecule has 1 aliphatic heterocycles. The second-order valence-electron chi connectivity index (χ2n) is 7.28. The molecule has 0 unspecified atom stereocenters. The maximum atomic E-state index is 12.9. The molecular weight excluding hydrogens is 522 g/mol. The number of ether oxygens (including phenoxy) is 3. The van der Waals surface area contributed by atoms with Gasteiger partial charge in [-0.1, -0.05) is 30.3 Å². The van der Waals surface area contributed by atoms with Crippen LogP contribution in [0.4, 0.5) is 4.79 Å². The summed E-state index contributed by atoms with van der Waals surface area (Å²) in [6.07, 6.45) is 3.14. The third-order valence-corrected chi connectivity index (χ3v) is 6.33. The van der Waals surface area contributed by atoms with E-state index in [4.69, 9.17) is 14.2 Å². The summed E-state index contributed by atoms with van der Waals surface area (Å²) < 4.78 is 16.7. The third kappa shape index (κ3) is 6.87. The molecular formula is C25H26BrNO6S. The zero-order valence-corrected chi connectivity index (χ0v) is 21.4. The van der Waals surface area contributed by atoms with Crippen LogP contribution in [0.2, 0.25) is 0 Å². The smallest absolute Gasteiger partial charge is 0.344 e. The molecule has 0 spiro atoms. The number of carbonyl (C=O) groups is 3. The fourth-order valence-corrected chi connectivity index (χ4v) is 4.78. The molecule has 34 heavy (non-hydrogen) atoms. The first-order valence-corrected chi connectivity index (χ1v) is 12.6. The van der Waals surface area contributed by atoms with Gasteiger partial charge in [-0.3, -0.25) is 14.5 Å². The van der Waals surface area contributed by atoms with Gasteiger partial charge >= 0.3 is 5.97 Å². The Balaban J connectivity index is 1.71. The van der Waals surface area contributed by atoms with E-state index in [-0.39, 0.29) is 24.4 Å². The Labute approximate surface area is 211 Å². The van der Waals surface area contributed by atoms with E-state index in [2.05, 4.69) is 15.9 Å². The summed E-state index contributed by atoms with van der Waals surface area (Å²) in [7, 11) is 0. The number of hydrogen-bond donors (Lipinski definition) is 0. The van der Waals surface area contributed by atoms with Crippen molar-refractivity contribution >= 4 is 50.9 Å². The molecule has 0 aliphatic carbocycles. The van der Waals surface area contributed by atoms with E-state index in [0.29, 0.717) is 46.0 Å². The Morgan fingerprint density at radius 3 is 2.56 bits per heavy atom. The molecule has 180 valence electrons. The summed E-state index contributed by atoms with van der Waals surface area (Å²) in [6.45, 7) is 4.31. The number of imide groups is 1. The Morgan fingerprint density at radius 1 is 1.09 bits per heavy atom. The normalized spacial score (nSPS) is 14.6. The molecule has 7 nitrogen and oxygen atoms in total. The topological polar surface area (TPSA) is 82.1 Å². The van der Waals surface area contributed by atoms with E-state index in [1.165, 1.54) is 10.5 Å². The zero-order chi connectivity index (χ0) is 24.5. The molecule has 1 fully saturated rings. The monoisotopic (exact) mass is 547 g/mol. The summed E-state index contributed by atoms with van der Waals surface area (Å²) in [4.78, 5) is 38.6. The number of carbonyl (C=O) groups excluding carboxylic acids is 3. The lowest BCUT2D eigenvalue weighted by Gasteiger charge is -2.14. The van der Waals surface area contributed by atoms with Gasteiger partial charge in [0.1, 0.15) is 0 Å². The van der Waals surface area contributed by atoms with Gasteiger partial charge in [-0.25, -0.2) is 4.79 Å². The molecule has 0 aromatic heterocycles. The summed E-state index contributed by atoms with van der Waals surface area (Å²) >= 11 is 4.37. The van der Waals surface area contributed by atoms with Crippen LogP contribution in [-0.2, 0) is 20.7 Å². The first kappa shape index (κ1) is 25.8. The average Bonchev–Trinajstić information content (AvgIpc) is 3.07. The minimum atomic E-state index is -0.484. The minimum Gasteiger partial charge on any atom is -0.490 e. The van der Waals surface area contributed by atoms with Crippen molar-refractivity contribution in [3.8, 4) is 11.5 Å². The SMILES string of the molecule is CCOC(=O)COc1c(Br)cc(/C=C2/SC(=O)N(CCCc3ccccc3)C2=O)cc1OCC. The van der Waals surface area contributed by atoms with Crippen LogP contribution in [0.15, 0.2) is 51.8 Å². The van der Waals surface area contributed by atoms with Gasteiger partial charge in [0.05, 0.1) is 22.6 Å². The van der Waals surface area contributed by atoms with Crippen molar-refractivity contribution in [3.63, 3.8) is 0 Å². The zero-order valence-electron chi connectivity index (χ0n) is 19.0. The molecule has 9 heteroatoms. The molecule has 1 aliphatic rings. The highest BCUT2D eigenvalue weighted by Gasteiger charge is 2.34. The first-order valence-electron chi connectivity index (χ1n) is 11.0. The van der Waals surface area contributed by atoms with E-state index >= 15 is 0 Å². The second kappa shape index (κ2) is 12.6. The number of halogens is 1. The van der Waals surface area contributed by atoms with E-state index in [1.807, 2.05) is 37.3 Å². The first-order chi connectivity index (χ1) is 16.4. The standard InChI is InChI=1S/C25H26BrNO6S/c1-3-31-20-14-18(13-19(26)23(20)33-16-22(28)32-4-2)15-21-24(29)27(25(30)34-21)12-8-11-17-9-6-5-7-10-17/h5-7,9-10,13-15H,3-4,8,11-12,16H2,1-2H3/b21-15+. The summed E-state index contributed by atoms with van der Waals surface area (Å²) in [6, 6.07) is 13.4. The Bertz CT molecular complexity index is 1070. The molecule has 1 heterocycles. The van der Waals surface area contributed by atoms with Crippen LogP contribution < -0.4 is 9.47 Å².